The highest BCUT2D eigenvalue weighted by atomic mass is 32.2. The molecule has 3 aromatic carbocycles. The van der Waals surface area contributed by atoms with Crippen LogP contribution >= 0.6 is 11.3 Å². The molecule has 0 aliphatic heterocycles. The average molecular weight is 552 g/mol. The lowest BCUT2D eigenvalue weighted by molar-refractivity contribution is -0.140. The van der Waals surface area contributed by atoms with Crippen LogP contribution in [0.1, 0.15) is 36.0 Å². The molecule has 1 aromatic heterocycles. The summed E-state index contributed by atoms with van der Waals surface area (Å²) in [4.78, 5) is 31.8. The number of amidine groups is 1. The summed E-state index contributed by atoms with van der Waals surface area (Å²) in [7, 11) is -4.01. The number of nitrogens with one attached hydrogen (secondary N) is 2. The van der Waals surface area contributed by atoms with Gasteiger partial charge >= 0.3 is 5.97 Å². The number of carbonyl (C=O) groups excluding carboxylic acids is 2. The zero-order chi connectivity index (χ0) is 27.3. The van der Waals surface area contributed by atoms with Crippen LogP contribution in [-0.2, 0) is 30.9 Å². The number of fused-ring (bicyclic) bond motifs is 1. The highest BCUT2D eigenvalue weighted by Gasteiger charge is 2.25. The van der Waals surface area contributed by atoms with Crippen LogP contribution in [0.5, 0.6) is 0 Å². The lowest BCUT2D eigenvalue weighted by Gasteiger charge is -2.18. The lowest BCUT2D eigenvalue weighted by atomic mass is 10.0. The molecule has 12 heteroatoms. The molecule has 38 heavy (non-hydrogen) atoms. The third-order valence-electron chi connectivity index (χ3n) is 5.31. The first-order valence-electron chi connectivity index (χ1n) is 11.5. The average Bonchev–Trinajstić information content (AvgIpc) is 3.31. The molecule has 1 unspecified atom stereocenters. The van der Waals surface area contributed by atoms with Crippen molar-refractivity contribution in [2.24, 2.45) is 10.9 Å². The predicted molar refractivity (Wildman–Crippen MR) is 146 cm³/mol. The van der Waals surface area contributed by atoms with Crippen LogP contribution in [0.3, 0.4) is 0 Å². The molecule has 10 nitrogen and oxygen atoms in total. The molecule has 0 radical (unpaired) electrons. The number of hydrogen-bond acceptors (Lipinski definition) is 8. The molecule has 0 aliphatic carbocycles. The van der Waals surface area contributed by atoms with Gasteiger partial charge < -0.3 is 15.9 Å². The van der Waals surface area contributed by atoms with Crippen molar-refractivity contribution in [2.75, 3.05) is 5.32 Å². The molecule has 4 rings (SSSR count). The van der Waals surface area contributed by atoms with Crippen LogP contribution in [0.25, 0.3) is 10.2 Å². The van der Waals surface area contributed by atoms with Crippen LogP contribution in [0, 0.1) is 0 Å². The molecular weight excluding hydrogens is 526 g/mol. The van der Waals surface area contributed by atoms with Crippen LogP contribution in [0.15, 0.2) is 82.8 Å². The van der Waals surface area contributed by atoms with Crippen LogP contribution < -0.4 is 15.8 Å². The van der Waals surface area contributed by atoms with Gasteiger partial charge in [0, 0.05) is 25.1 Å². The smallest absolute Gasteiger partial charge is 0.332 e. The Bertz CT molecular complexity index is 1600. The Labute approximate surface area is 223 Å². The van der Waals surface area contributed by atoms with Crippen molar-refractivity contribution < 1.29 is 22.8 Å². The molecule has 1 heterocycles. The highest BCUT2D eigenvalue weighted by Crippen LogP contribution is 2.30. The Morgan fingerprint density at radius 1 is 1.05 bits per heavy atom. The minimum Gasteiger partial charge on any atom is -0.380 e. The Morgan fingerprint density at radius 3 is 2.55 bits per heavy atom. The number of nitrogens with two attached hydrogens (primary N) is 1. The fourth-order valence-corrected chi connectivity index (χ4v) is 6.02. The number of hydrogen-bond donors (Lipinski definition) is 3. The summed E-state index contributed by atoms with van der Waals surface area (Å²) in [6, 6.07) is 19.9. The number of anilines is 1. The minimum atomic E-state index is -4.01. The third-order valence-corrected chi connectivity index (χ3v) is 7.93. The summed E-state index contributed by atoms with van der Waals surface area (Å²) in [5.74, 6) is -0.901. The topological polar surface area (TPSA) is 153 Å². The number of amides is 1. The van der Waals surface area contributed by atoms with E-state index in [-0.39, 0.29) is 23.1 Å². The van der Waals surface area contributed by atoms with Gasteiger partial charge in [-0.05, 0) is 48.4 Å². The number of benzene rings is 3. The largest absolute Gasteiger partial charge is 0.380 e. The monoisotopic (exact) mass is 551 g/mol. The Hall–Kier alpha value is -4.13. The van der Waals surface area contributed by atoms with Gasteiger partial charge in [-0.2, -0.15) is 0 Å². The first-order chi connectivity index (χ1) is 18.1. The van der Waals surface area contributed by atoms with Gasteiger partial charge in [-0.15, -0.1) is 11.3 Å². The van der Waals surface area contributed by atoms with Crippen molar-refractivity contribution in [1.82, 2.24) is 9.71 Å². The van der Waals surface area contributed by atoms with E-state index >= 15 is 0 Å². The van der Waals surface area contributed by atoms with Crippen LogP contribution in [0.4, 0.5) is 5.69 Å². The van der Waals surface area contributed by atoms with Crippen molar-refractivity contribution in [3.63, 3.8) is 0 Å². The van der Waals surface area contributed by atoms with Gasteiger partial charge in [-0.3, -0.25) is 4.79 Å². The molecule has 1 atom stereocenters. The van der Waals surface area contributed by atoms with E-state index in [0.29, 0.717) is 16.3 Å². The molecule has 0 fully saturated rings. The normalized spacial score (nSPS) is 12.7. The maximum absolute atomic E-state index is 13.4. The van der Waals surface area contributed by atoms with E-state index < -0.39 is 22.0 Å². The van der Waals surface area contributed by atoms with E-state index in [2.05, 4.69) is 25.0 Å². The molecule has 0 saturated carbocycles. The molecule has 0 bridgehead atoms. The van der Waals surface area contributed by atoms with E-state index in [1.165, 1.54) is 37.3 Å². The minimum absolute atomic E-state index is 0.00127. The van der Waals surface area contributed by atoms with E-state index in [4.69, 9.17) is 5.73 Å². The summed E-state index contributed by atoms with van der Waals surface area (Å²) in [5.41, 5.74) is 8.34. The number of para-hydroxylation sites is 1. The standard InChI is InChI=1S/C26H25N5O5S2/c1-16(32)28-20-9-6-10-21(15-20)38(34,35)31-23(26-29-22-11-3-4-12-24(22)37-26)14-18-7-5-8-19(13-18)25(27)30-36-17(2)33/h3-13,15,23,31H,14H2,1-2H3,(H2,27,30)(H,28,32). The first kappa shape index (κ1) is 26.9. The molecule has 196 valence electrons. The van der Waals surface area contributed by atoms with Gasteiger partial charge in [0.2, 0.25) is 15.9 Å². The molecule has 4 N–H and O–H groups in total. The molecule has 0 aliphatic rings. The fraction of sp³-hybridized carbons (Fsp3) is 0.154. The Balaban J connectivity index is 1.69. The highest BCUT2D eigenvalue weighted by molar-refractivity contribution is 7.89. The molecular formula is C26H25N5O5S2. The second-order valence-electron chi connectivity index (χ2n) is 8.37. The van der Waals surface area contributed by atoms with Gasteiger partial charge in [0.15, 0.2) is 5.84 Å². The van der Waals surface area contributed by atoms with Gasteiger partial charge in [-0.25, -0.2) is 22.9 Å². The Kier molecular flexibility index (Phi) is 8.15. The summed E-state index contributed by atoms with van der Waals surface area (Å²) < 4.78 is 30.6. The first-order valence-corrected chi connectivity index (χ1v) is 13.8. The van der Waals surface area contributed by atoms with E-state index in [1.807, 2.05) is 30.3 Å². The van der Waals surface area contributed by atoms with Crippen LogP contribution in [0.2, 0.25) is 0 Å². The zero-order valence-electron chi connectivity index (χ0n) is 20.5. The van der Waals surface area contributed by atoms with E-state index in [9.17, 15) is 18.0 Å². The number of oxime groups is 1. The molecule has 0 saturated heterocycles. The zero-order valence-corrected chi connectivity index (χ0v) is 22.2. The molecule has 1 amide bonds. The van der Waals surface area contributed by atoms with Crippen molar-refractivity contribution in [3.8, 4) is 0 Å². The quantitative estimate of drug-likeness (QED) is 0.124. The van der Waals surface area contributed by atoms with Gasteiger partial charge in [-0.1, -0.05) is 41.6 Å². The number of rotatable bonds is 9. The molecule has 0 spiro atoms. The summed E-state index contributed by atoms with van der Waals surface area (Å²) >= 11 is 1.39. The second kappa shape index (κ2) is 11.5. The SMILES string of the molecule is CC(=O)Nc1cccc(S(=O)(=O)NC(Cc2cccc(C(N)=NOC(C)=O)c2)c2nc3ccccc3s2)c1. The van der Waals surface area contributed by atoms with Crippen LogP contribution in [-0.4, -0.2) is 31.1 Å². The second-order valence-corrected chi connectivity index (χ2v) is 11.1. The number of thiazole rings is 1. The van der Waals surface area contributed by atoms with Crippen molar-refractivity contribution >= 4 is 55.0 Å². The Morgan fingerprint density at radius 2 is 1.82 bits per heavy atom. The summed E-state index contributed by atoms with van der Waals surface area (Å²) in [6.07, 6.45) is 0.249. The van der Waals surface area contributed by atoms with E-state index in [0.717, 1.165) is 15.8 Å². The summed E-state index contributed by atoms with van der Waals surface area (Å²) in [6.45, 7) is 2.56. The number of aromatic nitrogens is 1. The van der Waals surface area contributed by atoms with E-state index in [1.54, 1.807) is 30.3 Å². The van der Waals surface area contributed by atoms with Crippen molar-refractivity contribution in [2.45, 2.75) is 31.2 Å². The number of sulfonamides is 1. The maximum atomic E-state index is 13.4. The maximum Gasteiger partial charge on any atom is 0.332 e. The van der Waals surface area contributed by atoms with Gasteiger partial charge in [0.25, 0.3) is 0 Å². The van der Waals surface area contributed by atoms with Crippen molar-refractivity contribution in [3.05, 3.63) is 88.9 Å². The van der Waals surface area contributed by atoms with Gasteiger partial charge in [0.05, 0.1) is 21.2 Å². The molecule has 4 aromatic rings. The number of nitrogens with zero attached hydrogens (tertiary/aromatic N) is 2. The number of carbonyl (C=O) groups is 2. The van der Waals surface area contributed by atoms with Gasteiger partial charge in [0.1, 0.15) is 5.01 Å². The summed E-state index contributed by atoms with van der Waals surface area (Å²) in [5, 5.41) is 6.80. The lowest BCUT2D eigenvalue weighted by Crippen LogP contribution is -2.30. The van der Waals surface area contributed by atoms with Crippen molar-refractivity contribution in [1.29, 1.82) is 0 Å². The fourth-order valence-electron chi connectivity index (χ4n) is 3.68. The third kappa shape index (κ3) is 6.79. The predicted octanol–water partition coefficient (Wildman–Crippen LogP) is 3.70.